The lowest BCUT2D eigenvalue weighted by molar-refractivity contribution is -0.116. The number of carbonyl (C=O) groups is 1. The molecule has 7 nitrogen and oxygen atoms in total. The molecule has 23 heavy (non-hydrogen) atoms. The van der Waals surface area contributed by atoms with E-state index in [0.717, 1.165) is 6.54 Å². The predicted octanol–water partition coefficient (Wildman–Crippen LogP) is 0.229. The summed E-state index contributed by atoms with van der Waals surface area (Å²) in [5, 5.41) is 6.26. The van der Waals surface area contributed by atoms with E-state index in [2.05, 4.69) is 24.5 Å². The Bertz CT molecular complexity index is 265. The molecule has 0 bridgehead atoms. The lowest BCUT2D eigenvalue weighted by Crippen LogP contribution is -2.27. The number of rotatable bonds is 18. The quantitative estimate of drug-likeness (QED) is 0.347. The fraction of sp³-hybridized carbons (Fsp3) is 0.938. The molecule has 0 aliphatic rings. The van der Waals surface area contributed by atoms with Gasteiger partial charge in [0, 0.05) is 19.1 Å². The highest BCUT2D eigenvalue weighted by atomic mass is 16.6. The van der Waals surface area contributed by atoms with E-state index >= 15 is 0 Å². The van der Waals surface area contributed by atoms with Gasteiger partial charge in [0.2, 0.25) is 0 Å². The zero-order valence-corrected chi connectivity index (χ0v) is 14.9. The Morgan fingerprint density at radius 2 is 1.22 bits per heavy atom. The molecule has 2 N–H and O–H groups in total. The zero-order valence-electron chi connectivity index (χ0n) is 14.9. The van der Waals surface area contributed by atoms with Crippen molar-refractivity contribution in [1.29, 1.82) is 0 Å². The summed E-state index contributed by atoms with van der Waals surface area (Å²) in [4.78, 5) is 10.7. The molecule has 0 aromatic carbocycles. The normalized spacial score (nSPS) is 11.3. The minimum Gasteiger partial charge on any atom is -0.378 e. The maximum Gasteiger partial charge on any atom is 0.143 e. The van der Waals surface area contributed by atoms with Crippen LogP contribution in [0.15, 0.2) is 0 Å². The molecule has 7 heteroatoms. The van der Waals surface area contributed by atoms with Crippen LogP contribution in [-0.2, 0) is 23.7 Å². The maximum atomic E-state index is 10.7. The van der Waals surface area contributed by atoms with Crippen LogP contribution in [0.4, 0.5) is 0 Å². The highest BCUT2D eigenvalue weighted by molar-refractivity contribution is 5.77. The second-order valence-corrected chi connectivity index (χ2v) is 5.44. The Morgan fingerprint density at radius 3 is 1.65 bits per heavy atom. The molecule has 0 aliphatic heterocycles. The fourth-order valence-electron chi connectivity index (χ4n) is 1.59. The number of hydrogen-bond acceptors (Lipinski definition) is 7. The SMILES string of the molecule is CC(=O)CNCCOCCOCCOCCOCCNC(C)C. The molecule has 0 amide bonds. The summed E-state index contributed by atoms with van der Waals surface area (Å²) in [7, 11) is 0. The van der Waals surface area contributed by atoms with Crippen LogP contribution < -0.4 is 10.6 Å². The van der Waals surface area contributed by atoms with Gasteiger partial charge in [-0.3, -0.25) is 4.79 Å². The molecule has 0 aromatic rings. The average Bonchev–Trinajstić information content (AvgIpc) is 2.49. The van der Waals surface area contributed by atoms with E-state index in [4.69, 9.17) is 18.9 Å². The molecule has 0 unspecified atom stereocenters. The lowest BCUT2D eigenvalue weighted by atomic mass is 10.4. The van der Waals surface area contributed by atoms with E-state index in [1.165, 1.54) is 0 Å². The van der Waals surface area contributed by atoms with E-state index in [1.54, 1.807) is 6.92 Å². The second-order valence-electron chi connectivity index (χ2n) is 5.44. The van der Waals surface area contributed by atoms with Crippen LogP contribution in [0.1, 0.15) is 20.8 Å². The third-order valence-electron chi connectivity index (χ3n) is 2.71. The molecule has 0 saturated heterocycles. The van der Waals surface area contributed by atoms with Crippen LogP contribution >= 0.6 is 0 Å². The van der Waals surface area contributed by atoms with Crippen molar-refractivity contribution in [3.05, 3.63) is 0 Å². The fourth-order valence-corrected chi connectivity index (χ4v) is 1.59. The summed E-state index contributed by atoms with van der Waals surface area (Å²) >= 11 is 0. The Morgan fingerprint density at radius 1 is 0.783 bits per heavy atom. The molecule has 138 valence electrons. The minimum absolute atomic E-state index is 0.131. The van der Waals surface area contributed by atoms with Gasteiger partial charge in [0.15, 0.2) is 0 Å². The number of carbonyl (C=O) groups excluding carboxylic acids is 1. The van der Waals surface area contributed by atoms with Crippen molar-refractivity contribution in [2.75, 3.05) is 72.5 Å². The number of hydrogen-bond donors (Lipinski definition) is 2. The Labute approximate surface area is 140 Å². The van der Waals surface area contributed by atoms with Crippen molar-refractivity contribution in [3.8, 4) is 0 Å². The van der Waals surface area contributed by atoms with Gasteiger partial charge in [0.1, 0.15) is 5.78 Å². The van der Waals surface area contributed by atoms with Crippen molar-refractivity contribution >= 4 is 5.78 Å². The molecule has 0 saturated carbocycles. The molecular weight excluding hydrogens is 300 g/mol. The zero-order chi connectivity index (χ0) is 17.2. The van der Waals surface area contributed by atoms with Gasteiger partial charge in [-0.15, -0.1) is 0 Å². The van der Waals surface area contributed by atoms with Gasteiger partial charge in [-0.2, -0.15) is 0 Å². The molecule has 0 fully saturated rings. The van der Waals surface area contributed by atoms with E-state index in [9.17, 15) is 4.79 Å². The van der Waals surface area contributed by atoms with E-state index in [0.29, 0.717) is 72.0 Å². The first kappa shape index (κ1) is 22.4. The largest absolute Gasteiger partial charge is 0.378 e. The van der Waals surface area contributed by atoms with Crippen LogP contribution in [0.25, 0.3) is 0 Å². The Kier molecular flexibility index (Phi) is 17.3. The number of ether oxygens (including phenoxy) is 4. The summed E-state index contributed by atoms with van der Waals surface area (Å²) in [6.07, 6.45) is 0. The summed E-state index contributed by atoms with van der Waals surface area (Å²) in [6.45, 7) is 12.4. The first-order valence-corrected chi connectivity index (χ1v) is 8.37. The van der Waals surface area contributed by atoms with Gasteiger partial charge < -0.3 is 29.6 Å². The number of nitrogens with one attached hydrogen (secondary N) is 2. The molecule has 0 heterocycles. The second kappa shape index (κ2) is 17.8. The number of Topliss-reactive ketones (excluding diaryl/α,β-unsaturated/α-hetero) is 1. The Hall–Kier alpha value is -0.570. The molecule has 0 spiro atoms. The van der Waals surface area contributed by atoms with Gasteiger partial charge in [-0.1, -0.05) is 13.8 Å². The molecule has 0 atom stereocenters. The van der Waals surface area contributed by atoms with Crippen molar-refractivity contribution in [3.63, 3.8) is 0 Å². The van der Waals surface area contributed by atoms with E-state index in [-0.39, 0.29) is 5.78 Å². The maximum absolute atomic E-state index is 10.7. The third kappa shape index (κ3) is 21.4. The van der Waals surface area contributed by atoms with Gasteiger partial charge in [0.05, 0.1) is 59.4 Å². The highest BCUT2D eigenvalue weighted by Crippen LogP contribution is 1.83. The molecule has 0 aromatic heterocycles. The van der Waals surface area contributed by atoms with Crippen LogP contribution in [0.5, 0.6) is 0 Å². The number of ketones is 1. The third-order valence-corrected chi connectivity index (χ3v) is 2.71. The van der Waals surface area contributed by atoms with Crippen LogP contribution in [0.2, 0.25) is 0 Å². The molecular formula is C16H34N2O5. The summed E-state index contributed by atoms with van der Waals surface area (Å²) in [5.41, 5.74) is 0. The summed E-state index contributed by atoms with van der Waals surface area (Å²) in [6, 6.07) is 0.493. The van der Waals surface area contributed by atoms with Crippen LogP contribution in [0.3, 0.4) is 0 Å². The van der Waals surface area contributed by atoms with Crippen molar-refractivity contribution < 1.29 is 23.7 Å². The van der Waals surface area contributed by atoms with E-state index in [1.807, 2.05) is 0 Å². The predicted molar refractivity (Wildman–Crippen MR) is 90.0 cm³/mol. The lowest BCUT2D eigenvalue weighted by Gasteiger charge is -2.09. The van der Waals surface area contributed by atoms with Crippen LogP contribution in [-0.4, -0.2) is 84.3 Å². The van der Waals surface area contributed by atoms with Crippen molar-refractivity contribution in [2.45, 2.75) is 26.8 Å². The van der Waals surface area contributed by atoms with Gasteiger partial charge in [-0.05, 0) is 6.92 Å². The topological polar surface area (TPSA) is 78.1 Å². The Balaban J connectivity index is 2.99. The first-order valence-electron chi connectivity index (χ1n) is 8.37. The minimum atomic E-state index is 0.131. The van der Waals surface area contributed by atoms with Crippen molar-refractivity contribution in [1.82, 2.24) is 10.6 Å². The molecule has 0 rings (SSSR count). The monoisotopic (exact) mass is 334 g/mol. The van der Waals surface area contributed by atoms with Crippen molar-refractivity contribution in [2.24, 2.45) is 0 Å². The smallest absolute Gasteiger partial charge is 0.143 e. The first-order chi connectivity index (χ1) is 11.1. The molecule has 0 aliphatic carbocycles. The summed E-state index contributed by atoms with van der Waals surface area (Å²) in [5.74, 6) is 0.131. The molecule has 0 radical (unpaired) electrons. The van der Waals surface area contributed by atoms with Gasteiger partial charge in [0.25, 0.3) is 0 Å². The standard InChI is InChI=1S/C16H34N2O5/c1-15(2)18-5-7-21-9-11-23-13-12-22-10-8-20-6-4-17-14-16(3)19/h15,17-18H,4-14H2,1-3H3. The van der Waals surface area contributed by atoms with E-state index < -0.39 is 0 Å². The highest BCUT2D eigenvalue weighted by Gasteiger charge is 1.95. The summed E-state index contributed by atoms with van der Waals surface area (Å²) < 4.78 is 21.5. The van der Waals surface area contributed by atoms with Crippen LogP contribution in [0, 0.1) is 0 Å². The van der Waals surface area contributed by atoms with Gasteiger partial charge in [-0.25, -0.2) is 0 Å². The average molecular weight is 334 g/mol. The van der Waals surface area contributed by atoms with Gasteiger partial charge >= 0.3 is 0 Å².